The fourth-order valence-electron chi connectivity index (χ4n) is 3.78. The second-order valence-electron chi connectivity index (χ2n) is 7.47. The highest BCUT2D eigenvalue weighted by Gasteiger charge is 2.39. The van der Waals surface area contributed by atoms with Crippen molar-refractivity contribution in [3.05, 3.63) is 46.3 Å². The van der Waals surface area contributed by atoms with Crippen molar-refractivity contribution in [1.82, 2.24) is 15.0 Å². The highest BCUT2D eigenvalue weighted by atomic mass is 35.5. The molecule has 1 aromatic carbocycles. The Morgan fingerprint density at radius 3 is 2.43 bits per heavy atom. The molecule has 4 rings (SSSR count). The average Bonchev–Trinajstić information content (AvgIpc) is 3.09. The number of hydrogen-bond donors (Lipinski definition) is 0. The number of halogens is 1. The van der Waals surface area contributed by atoms with Gasteiger partial charge in [-0.25, -0.2) is 0 Å². The third kappa shape index (κ3) is 3.58. The number of rotatable bonds is 3. The molecule has 0 aliphatic carbocycles. The predicted octanol–water partition coefficient (Wildman–Crippen LogP) is 2.37. The van der Waals surface area contributed by atoms with E-state index in [0.29, 0.717) is 37.6 Å². The van der Waals surface area contributed by atoms with E-state index in [4.69, 9.17) is 16.1 Å². The molecule has 0 spiro atoms. The van der Waals surface area contributed by atoms with Crippen LogP contribution in [0.25, 0.3) is 0 Å². The van der Waals surface area contributed by atoms with Crippen LogP contribution in [0.4, 0.5) is 5.69 Å². The SMILES string of the molecule is Cc1cc(C(=O)N2CC(C(=O)N3CCN(c4cc(Cl)ccc4C)CC3)C2)no1. The summed E-state index contributed by atoms with van der Waals surface area (Å²) in [7, 11) is 0. The summed E-state index contributed by atoms with van der Waals surface area (Å²) in [5.74, 6) is 0.422. The Kier molecular flexibility index (Phi) is 5.02. The van der Waals surface area contributed by atoms with Crippen LogP contribution in [0.15, 0.2) is 28.8 Å². The molecule has 2 saturated heterocycles. The lowest BCUT2D eigenvalue weighted by Crippen LogP contribution is -2.59. The number of carbonyl (C=O) groups excluding carboxylic acids is 2. The minimum absolute atomic E-state index is 0.128. The Hall–Kier alpha value is -2.54. The first kappa shape index (κ1) is 18.8. The van der Waals surface area contributed by atoms with Crippen molar-refractivity contribution in [2.24, 2.45) is 5.92 Å². The quantitative estimate of drug-likeness (QED) is 0.788. The maximum Gasteiger partial charge on any atom is 0.276 e. The Morgan fingerprint density at radius 1 is 1.07 bits per heavy atom. The van der Waals surface area contributed by atoms with Crippen LogP contribution in [-0.4, -0.2) is 66.0 Å². The van der Waals surface area contributed by atoms with Gasteiger partial charge in [-0.05, 0) is 31.5 Å². The number of nitrogens with zero attached hydrogens (tertiary/aromatic N) is 4. The van der Waals surface area contributed by atoms with Gasteiger partial charge in [-0.2, -0.15) is 0 Å². The van der Waals surface area contributed by atoms with Gasteiger partial charge in [0.2, 0.25) is 5.91 Å². The molecule has 8 heteroatoms. The van der Waals surface area contributed by atoms with Crippen LogP contribution in [0, 0.1) is 19.8 Å². The zero-order chi connectivity index (χ0) is 19.8. The van der Waals surface area contributed by atoms with Crippen molar-refractivity contribution >= 4 is 29.1 Å². The van der Waals surface area contributed by atoms with Gasteiger partial charge in [0.25, 0.3) is 5.91 Å². The van der Waals surface area contributed by atoms with Crippen LogP contribution in [0.5, 0.6) is 0 Å². The van der Waals surface area contributed by atoms with Gasteiger partial charge in [-0.1, -0.05) is 22.8 Å². The van der Waals surface area contributed by atoms with Gasteiger partial charge in [0.05, 0.1) is 5.92 Å². The van der Waals surface area contributed by atoms with Crippen LogP contribution in [-0.2, 0) is 4.79 Å². The van der Waals surface area contributed by atoms with Crippen molar-refractivity contribution in [2.45, 2.75) is 13.8 Å². The molecule has 2 aliphatic heterocycles. The third-order valence-corrected chi connectivity index (χ3v) is 5.70. The van der Waals surface area contributed by atoms with Crippen molar-refractivity contribution in [3.8, 4) is 0 Å². The maximum atomic E-state index is 12.8. The minimum Gasteiger partial charge on any atom is -0.368 e. The second-order valence-corrected chi connectivity index (χ2v) is 7.91. The fourth-order valence-corrected chi connectivity index (χ4v) is 3.95. The lowest BCUT2D eigenvalue weighted by Gasteiger charge is -2.43. The molecule has 3 heterocycles. The Bertz CT molecular complexity index is 899. The summed E-state index contributed by atoms with van der Waals surface area (Å²) >= 11 is 6.13. The molecule has 2 aliphatic rings. The van der Waals surface area contributed by atoms with E-state index < -0.39 is 0 Å². The Morgan fingerprint density at radius 2 is 1.79 bits per heavy atom. The molecule has 2 amide bonds. The molecular weight excluding hydrogens is 380 g/mol. The predicted molar refractivity (Wildman–Crippen MR) is 106 cm³/mol. The van der Waals surface area contributed by atoms with E-state index in [1.807, 2.05) is 23.1 Å². The number of carbonyl (C=O) groups is 2. The molecule has 0 N–H and O–H groups in total. The van der Waals surface area contributed by atoms with E-state index in [1.165, 1.54) is 5.56 Å². The van der Waals surface area contributed by atoms with E-state index in [9.17, 15) is 9.59 Å². The third-order valence-electron chi connectivity index (χ3n) is 5.47. The topological polar surface area (TPSA) is 69.9 Å². The highest BCUT2D eigenvalue weighted by Crippen LogP contribution is 2.26. The summed E-state index contributed by atoms with van der Waals surface area (Å²) < 4.78 is 4.95. The molecule has 148 valence electrons. The van der Waals surface area contributed by atoms with Gasteiger partial charge >= 0.3 is 0 Å². The normalized spacial score (nSPS) is 17.6. The Labute approximate surface area is 168 Å². The number of benzene rings is 1. The van der Waals surface area contributed by atoms with Crippen molar-refractivity contribution < 1.29 is 14.1 Å². The van der Waals surface area contributed by atoms with E-state index >= 15 is 0 Å². The summed E-state index contributed by atoms with van der Waals surface area (Å²) in [4.78, 5) is 30.9. The number of aromatic nitrogens is 1. The molecule has 0 unspecified atom stereocenters. The van der Waals surface area contributed by atoms with Crippen molar-refractivity contribution in [2.75, 3.05) is 44.2 Å². The van der Waals surface area contributed by atoms with Gasteiger partial charge in [0, 0.05) is 56.0 Å². The molecule has 0 radical (unpaired) electrons. The standard InChI is InChI=1S/C20H23ClN4O3/c1-13-3-4-16(21)10-18(13)23-5-7-24(8-6-23)19(26)15-11-25(12-15)20(27)17-9-14(2)28-22-17/h3-4,9-10,15H,5-8,11-12H2,1-2H3. The van der Waals surface area contributed by atoms with Crippen molar-refractivity contribution in [1.29, 1.82) is 0 Å². The number of anilines is 1. The molecule has 0 saturated carbocycles. The first-order chi connectivity index (χ1) is 13.4. The summed E-state index contributed by atoms with van der Waals surface area (Å²) in [5.41, 5.74) is 2.61. The summed E-state index contributed by atoms with van der Waals surface area (Å²) in [6, 6.07) is 7.51. The fraction of sp³-hybridized carbons (Fsp3) is 0.450. The van der Waals surface area contributed by atoms with E-state index in [-0.39, 0.29) is 17.7 Å². The molecule has 1 aromatic heterocycles. The van der Waals surface area contributed by atoms with Gasteiger partial charge < -0.3 is 19.2 Å². The molecule has 7 nitrogen and oxygen atoms in total. The minimum atomic E-state index is -0.179. The van der Waals surface area contributed by atoms with Crippen LogP contribution in [0.2, 0.25) is 5.02 Å². The number of hydrogen-bond acceptors (Lipinski definition) is 5. The first-order valence-corrected chi connectivity index (χ1v) is 9.82. The number of likely N-dealkylation sites (tertiary alicyclic amines) is 1. The zero-order valence-corrected chi connectivity index (χ0v) is 16.8. The molecule has 0 bridgehead atoms. The largest absolute Gasteiger partial charge is 0.368 e. The van der Waals surface area contributed by atoms with E-state index in [2.05, 4.69) is 17.0 Å². The summed E-state index contributed by atoms with van der Waals surface area (Å²) in [5, 5.41) is 4.48. The lowest BCUT2D eigenvalue weighted by atomic mass is 9.97. The van der Waals surface area contributed by atoms with Crippen LogP contribution >= 0.6 is 11.6 Å². The molecule has 2 aromatic rings. The van der Waals surface area contributed by atoms with Crippen LogP contribution in [0.3, 0.4) is 0 Å². The average molecular weight is 403 g/mol. The molecule has 2 fully saturated rings. The van der Waals surface area contributed by atoms with E-state index in [1.54, 1.807) is 17.9 Å². The van der Waals surface area contributed by atoms with Gasteiger partial charge in [-0.15, -0.1) is 0 Å². The first-order valence-electron chi connectivity index (χ1n) is 9.45. The number of amides is 2. The molecule has 28 heavy (non-hydrogen) atoms. The monoisotopic (exact) mass is 402 g/mol. The van der Waals surface area contributed by atoms with Gasteiger partial charge in [-0.3, -0.25) is 9.59 Å². The number of aryl methyl sites for hydroxylation is 2. The van der Waals surface area contributed by atoms with Crippen LogP contribution in [0.1, 0.15) is 21.8 Å². The molecular formula is C20H23ClN4O3. The maximum absolute atomic E-state index is 12.8. The summed E-state index contributed by atoms with van der Waals surface area (Å²) in [6.45, 7) is 7.61. The zero-order valence-electron chi connectivity index (χ0n) is 16.0. The van der Waals surface area contributed by atoms with E-state index in [0.717, 1.165) is 23.8 Å². The summed E-state index contributed by atoms with van der Waals surface area (Å²) in [6.07, 6.45) is 0. The van der Waals surface area contributed by atoms with Crippen LogP contribution < -0.4 is 4.90 Å². The molecule has 0 atom stereocenters. The van der Waals surface area contributed by atoms with Gasteiger partial charge in [0.1, 0.15) is 5.76 Å². The highest BCUT2D eigenvalue weighted by molar-refractivity contribution is 6.30. The smallest absolute Gasteiger partial charge is 0.276 e. The van der Waals surface area contributed by atoms with Gasteiger partial charge in [0.15, 0.2) is 5.69 Å². The second kappa shape index (κ2) is 7.47. The lowest BCUT2D eigenvalue weighted by molar-refractivity contribution is -0.140. The number of piperazine rings is 1. The Balaban J connectivity index is 1.29. The van der Waals surface area contributed by atoms with Crippen molar-refractivity contribution in [3.63, 3.8) is 0 Å².